The molecule has 0 unspecified atom stereocenters. The Bertz CT molecular complexity index is 556. The number of halogens is 6. The van der Waals surface area contributed by atoms with E-state index < -0.39 is 35.2 Å². The van der Waals surface area contributed by atoms with Gasteiger partial charge in [-0.2, -0.15) is 26.3 Å². The van der Waals surface area contributed by atoms with Crippen molar-refractivity contribution >= 4 is 20.0 Å². The second kappa shape index (κ2) is 9.34. The van der Waals surface area contributed by atoms with E-state index in [0.717, 1.165) is 17.5 Å². The summed E-state index contributed by atoms with van der Waals surface area (Å²) >= 11 is 0. The summed E-state index contributed by atoms with van der Waals surface area (Å²) in [4.78, 5) is 0. The van der Waals surface area contributed by atoms with Crippen LogP contribution in [0.4, 0.5) is 26.3 Å². The van der Waals surface area contributed by atoms with Gasteiger partial charge >= 0.3 is 31.1 Å². The standard InChI is InChI=1S/C8H20NO.C2HF6NO4S2/c1-5-9(2,3)7-6-8-10-4;3-1(4,5)14(10,11)9-15(12,13)2(6,7)8/h5-8H2,1-4H3;9H/q+1;. The van der Waals surface area contributed by atoms with Crippen LogP contribution in [0.5, 0.6) is 0 Å². The highest BCUT2D eigenvalue weighted by Gasteiger charge is 2.55. The molecule has 0 aromatic carbocycles. The Kier molecular flexibility index (Phi) is 9.93. The van der Waals surface area contributed by atoms with Crippen LogP contribution in [0, 0.1) is 0 Å². The van der Waals surface area contributed by atoms with E-state index in [1.54, 1.807) is 7.11 Å². The zero-order valence-electron chi connectivity index (χ0n) is 13.9. The number of hydrogen-bond donors (Lipinski definition) is 1. The molecule has 0 rings (SSSR count). The molecule has 1 N–H and O–H groups in total. The monoisotopic (exact) mass is 427 g/mol. The van der Waals surface area contributed by atoms with Crippen molar-refractivity contribution in [1.29, 1.82) is 0 Å². The lowest BCUT2D eigenvalue weighted by molar-refractivity contribution is -0.888. The number of rotatable bonds is 7. The van der Waals surface area contributed by atoms with Gasteiger partial charge in [0.2, 0.25) is 0 Å². The zero-order valence-corrected chi connectivity index (χ0v) is 15.5. The van der Waals surface area contributed by atoms with Crippen LogP contribution < -0.4 is 4.13 Å². The van der Waals surface area contributed by atoms with Crippen LogP contribution in [0.15, 0.2) is 0 Å². The molecule has 0 saturated carbocycles. The largest absolute Gasteiger partial charge is 0.512 e. The molecule has 7 nitrogen and oxygen atoms in total. The third kappa shape index (κ3) is 10.2. The van der Waals surface area contributed by atoms with Crippen LogP contribution in [0.3, 0.4) is 0 Å². The summed E-state index contributed by atoms with van der Waals surface area (Å²) in [6.07, 6.45) is 1.16. The van der Waals surface area contributed by atoms with Crippen LogP contribution in [-0.4, -0.2) is 73.2 Å². The Hall–Kier alpha value is -0.640. The quantitative estimate of drug-likeness (QED) is 0.377. The molecule has 0 aromatic rings. The van der Waals surface area contributed by atoms with Gasteiger partial charge in [-0.1, -0.05) is 4.13 Å². The molecule has 0 bridgehead atoms. The number of methoxy groups -OCH3 is 1. The molecule has 0 aromatic heterocycles. The van der Waals surface area contributed by atoms with Gasteiger partial charge in [0.25, 0.3) is 0 Å². The molecule has 0 heterocycles. The highest BCUT2D eigenvalue weighted by atomic mass is 32.3. The number of ether oxygens (including phenoxy) is 1. The van der Waals surface area contributed by atoms with Gasteiger partial charge in [-0.15, -0.1) is 0 Å². The molecule has 15 heteroatoms. The highest BCUT2D eigenvalue weighted by molar-refractivity contribution is 8.05. The Balaban J connectivity index is 0. The fourth-order valence-corrected chi connectivity index (χ4v) is 2.95. The molecule has 0 atom stereocenters. The van der Waals surface area contributed by atoms with E-state index in [1.165, 1.54) is 13.1 Å². The summed E-state index contributed by atoms with van der Waals surface area (Å²) in [5.41, 5.74) is -12.3. The summed E-state index contributed by atoms with van der Waals surface area (Å²) in [5.74, 6) is 0. The lowest BCUT2D eigenvalue weighted by Crippen LogP contribution is -2.45. The maximum Gasteiger partial charge on any atom is 0.512 e. The summed E-state index contributed by atoms with van der Waals surface area (Å²) < 4.78 is 114. The van der Waals surface area contributed by atoms with Gasteiger partial charge in [0, 0.05) is 13.5 Å². The molecular weight excluding hydrogens is 406 g/mol. The van der Waals surface area contributed by atoms with Gasteiger partial charge in [0.1, 0.15) is 0 Å². The topological polar surface area (TPSA) is 89.5 Å². The van der Waals surface area contributed by atoms with Gasteiger partial charge in [0.15, 0.2) is 0 Å². The lowest BCUT2D eigenvalue weighted by Gasteiger charge is -2.27. The Labute approximate surface area is 142 Å². The first-order valence-corrected chi connectivity index (χ1v) is 9.51. The van der Waals surface area contributed by atoms with Crippen molar-refractivity contribution in [3.8, 4) is 0 Å². The minimum atomic E-state index is -6.60. The van der Waals surface area contributed by atoms with Gasteiger partial charge in [-0.3, -0.25) is 0 Å². The average Bonchev–Trinajstić information content (AvgIpc) is 2.35. The summed E-state index contributed by atoms with van der Waals surface area (Å²) in [7, 11) is -6.95. The van der Waals surface area contributed by atoms with Crippen molar-refractivity contribution in [1.82, 2.24) is 4.13 Å². The third-order valence-corrected chi connectivity index (χ3v) is 5.77. The van der Waals surface area contributed by atoms with Gasteiger partial charge < -0.3 is 9.22 Å². The minimum Gasteiger partial charge on any atom is -0.384 e. The molecule has 25 heavy (non-hydrogen) atoms. The highest BCUT2D eigenvalue weighted by Crippen LogP contribution is 2.27. The number of quaternary nitrogens is 1. The first-order valence-electron chi connectivity index (χ1n) is 6.55. The molecule has 0 amide bonds. The Morgan fingerprint density at radius 1 is 0.920 bits per heavy atom. The van der Waals surface area contributed by atoms with E-state index in [-0.39, 0.29) is 0 Å². The van der Waals surface area contributed by atoms with Gasteiger partial charge in [-0.05, 0) is 6.92 Å². The third-order valence-electron chi connectivity index (χ3n) is 2.80. The predicted octanol–water partition coefficient (Wildman–Crippen LogP) is 1.39. The molecule has 0 aliphatic carbocycles. The summed E-state index contributed by atoms with van der Waals surface area (Å²) in [5, 5.41) is 0. The van der Waals surface area contributed by atoms with Crippen LogP contribution in [0.1, 0.15) is 13.3 Å². The van der Waals surface area contributed by atoms with Crippen molar-refractivity contribution in [2.24, 2.45) is 0 Å². The van der Waals surface area contributed by atoms with Crippen molar-refractivity contribution < 1.29 is 52.4 Å². The Morgan fingerprint density at radius 2 is 1.28 bits per heavy atom. The van der Waals surface area contributed by atoms with Crippen LogP contribution >= 0.6 is 0 Å². The van der Waals surface area contributed by atoms with Gasteiger partial charge in [-0.25, -0.2) is 16.8 Å². The van der Waals surface area contributed by atoms with E-state index in [1.807, 2.05) is 0 Å². The van der Waals surface area contributed by atoms with E-state index in [2.05, 4.69) is 21.0 Å². The second-order valence-corrected chi connectivity index (χ2v) is 8.91. The first-order chi connectivity index (χ1) is 10.8. The molecule has 0 spiro atoms. The van der Waals surface area contributed by atoms with Gasteiger partial charge in [0.05, 0.1) is 33.8 Å². The fourth-order valence-electron chi connectivity index (χ4n) is 1.03. The number of sulfonamides is 2. The minimum absolute atomic E-state index is 0.493. The van der Waals surface area contributed by atoms with E-state index >= 15 is 0 Å². The van der Waals surface area contributed by atoms with Crippen LogP contribution in [0.2, 0.25) is 0 Å². The van der Waals surface area contributed by atoms with Crippen molar-refractivity contribution in [2.75, 3.05) is 40.9 Å². The zero-order chi connectivity index (χ0) is 20.7. The molecule has 0 fully saturated rings. The molecule has 0 aliphatic rings. The lowest BCUT2D eigenvalue weighted by atomic mass is 10.3. The number of alkyl halides is 6. The molecule has 0 aliphatic heterocycles. The van der Waals surface area contributed by atoms with Crippen LogP contribution in [0.25, 0.3) is 0 Å². The average molecular weight is 427 g/mol. The van der Waals surface area contributed by atoms with E-state index in [9.17, 15) is 43.2 Å². The van der Waals surface area contributed by atoms with E-state index in [0.29, 0.717) is 0 Å². The SMILES string of the molecule is CC[N+](C)(C)CCCOC.O=S(=O)(NS(=O)(=O)C(F)(F)F)C(F)(F)F. The fraction of sp³-hybridized carbons (Fsp3) is 1.00. The van der Waals surface area contributed by atoms with Crippen molar-refractivity contribution in [2.45, 2.75) is 24.4 Å². The maximum atomic E-state index is 11.5. The summed E-state index contributed by atoms with van der Waals surface area (Å²) in [6, 6.07) is 0. The number of nitrogens with one attached hydrogen (secondary N) is 1. The summed E-state index contributed by atoms with van der Waals surface area (Å²) in [6.45, 7) is 5.52. The smallest absolute Gasteiger partial charge is 0.384 e. The predicted molar refractivity (Wildman–Crippen MR) is 77.1 cm³/mol. The second-order valence-electron chi connectivity index (χ2n) is 5.30. The molecule has 154 valence electrons. The van der Waals surface area contributed by atoms with Crippen molar-refractivity contribution in [3.05, 3.63) is 0 Å². The van der Waals surface area contributed by atoms with Crippen molar-refractivity contribution in [3.63, 3.8) is 0 Å². The Morgan fingerprint density at radius 3 is 1.52 bits per heavy atom. The number of hydrogen-bond acceptors (Lipinski definition) is 5. The first kappa shape index (κ1) is 26.6. The molecule has 0 saturated heterocycles. The normalized spacial score (nSPS) is 14.0. The molecular formula is C10H21F6N2O5S2+. The number of nitrogens with zero attached hydrogens (tertiary/aromatic N) is 1. The molecule has 0 radical (unpaired) electrons. The maximum absolute atomic E-state index is 11.5. The van der Waals surface area contributed by atoms with E-state index in [4.69, 9.17) is 4.74 Å². The van der Waals surface area contributed by atoms with Crippen LogP contribution in [-0.2, 0) is 24.8 Å².